The van der Waals surface area contributed by atoms with E-state index in [1.165, 1.54) is 12.8 Å². The van der Waals surface area contributed by atoms with Crippen molar-refractivity contribution >= 4 is 5.91 Å². The average molecular weight is 240 g/mol. The first-order valence-corrected chi connectivity index (χ1v) is 6.83. The maximum Gasteiger partial charge on any atom is 0.228 e. The zero-order valence-electron chi connectivity index (χ0n) is 10.8. The Balaban J connectivity index is 2.03. The van der Waals surface area contributed by atoms with Crippen molar-refractivity contribution in [1.29, 1.82) is 0 Å². The first-order chi connectivity index (χ1) is 8.22. The van der Waals surface area contributed by atoms with E-state index in [1.54, 1.807) is 0 Å². The van der Waals surface area contributed by atoms with Gasteiger partial charge in [-0.3, -0.25) is 4.79 Å². The second kappa shape index (κ2) is 5.36. The Morgan fingerprint density at radius 3 is 2.76 bits per heavy atom. The van der Waals surface area contributed by atoms with E-state index in [2.05, 4.69) is 6.92 Å². The van der Waals surface area contributed by atoms with Crippen molar-refractivity contribution in [3.63, 3.8) is 0 Å². The number of nitrogens with zero attached hydrogens (tertiary/aromatic N) is 1. The lowest BCUT2D eigenvalue weighted by Crippen LogP contribution is -2.52. The van der Waals surface area contributed by atoms with Crippen molar-refractivity contribution in [3.8, 4) is 0 Å². The molecular formula is C13H24N2O2. The summed E-state index contributed by atoms with van der Waals surface area (Å²) >= 11 is 0. The van der Waals surface area contributed by atoms with E-state index >= 15 is 0 Å². The summed E-state index contributed by atoms with van der Waals surface area (Å²) < 4.78 is 5.52. The fraction of sp³-hybridized carbons (Fsp3) is 0.923. The van der Waals surface area contributed by atoms with Gasteiger partial charge in [-0.25, -0.2) is 0 Å². The van der Waals surface area contributed by atoms with Gasteiger partial charge in [0.1, 0.15) is 0 Å². The number of ether oxygens (including phenoxy) is 1. The predicted octanol–water partition coefficient (Wildman–Crippen LogP) is 1.14. The first-order valence-electron chi connectivity index (χ1n) is 6.83. The lowest BCUT2D eigenvalue weighted by Gasteiger charge is -2.38. The van der Waals surface area contributed by atoms with Gasteiger partial charge in [0.2, 0.25) is 5.91 Å². The predicted molar refractivity (Wildman–Crippen MR) is 66.6 cm³/mol. The van der Waals surface area contributed by atoms with Crippen molar-refractivity contribution in [2.24, 2.45) is 11.1 Å². The van der Waals surface area contributed by atoms with Crippen LogP contribution in [0.1, 0.15) is 39.0 Å². The fourth-order valence-corrected chi connectivity index (χ4v) is 3.15. The standard InChI is InChI=1S/C13H24N2O2/c1-2-13(5-3-4-6-13)12(16)15-7-8-17-11(9-14)10-15/h11H,2-10,14H2,1H3. The number of carbonyl (C=O) groups is 1. The molecule has 0 aromatic carbocycles. The summed E-state index contributed by atoms with van der Waals surface area (Å²) in [6, 6.07) is 0. The van der Waals surface area contributed by atoms with Crippen molar-refractivity contribution < 1.29 is 9.53 Å². The zero-order chi connectivity index (χ0) is 12.3. The molecule has 1 saturated heterocycles. The molecule has 2 aliphatic rings. The van der Waals surface area contributed by atoms with E-state index in [9.17, 15) is 4.79 Å². The minimum Gasteiger partial charge on any atom is -0.373 e. The van der Waals surface area contributed by atoms with Crippen molar-refractivity contribution in [3.05, 3.63) is 0 Å². The highest BCUT2D eigenvalue weighted by molar-refractivity contribution is 5.83. The van der Waals surface area contributed by atoms with Crippen LogP contribution in [0.4, 0.5) is 0 Å². The van der Waals surface area contributed by atoms with E-state index in [0.29, 0.717) is 25.6 Å². The molecule has 1 amide bonds. The number of morpholine rings is 1. The van der Waals surface area contributed by atoms with Gasteiger partial charge in [0.05, 0.1) is 12.7 Å². The Labute approximate surface area is 103 Å². The van der Waals surface area contributed by atoms with Crippen LogP contribution in [0.25, 0.3) is 0 Å². The molecule has 0 spiro atoms. The molecule has 1 unspecified atom stereocenters. The van der Waals surface area contributed by atoms with Gasteiger partial charge >= 0.3 is 0 Å². The molecule has 2 fully saturated rings. The van der Waals surface area contributed by atoms with E-state index in [1.807, 2.05) is 4.90 Å². The molecule has 17 heavy (non-hydrogen) atoms. The van der Waals surface area contributed by atoms with Crippen LogP contribution in [-0.2, 0) is 9.53 Å². The molecule has 0 bridgehead atoms. The van der Waals surface area contributed by atoms with Gasteiger partial charge < -0.3 is 15.4 Å². The van der Waals surface area contributed by atoms with Gasteiger partial charge in [-0.1, -0.05) is 19.8 Å². The van der Waals surface area contributed by atoms with Crippen LogP contribution < -0.4 is 5.73 Å². The first kappa shape index (κ1) is 12.8. The summed E-state index contributed by atoms with van der Waals surface area (Å²) in [4.78, 5) is 14.6. The minimum absolute atomic E-state index is 0.0306. The Morgan fingerprint density at radius 2 is 2.18 bits per heavy atom. The molecule has 1 aliphatic heterocycles. The highest BCUT2D eigenvalue weighted by Gasteiger charge is 2.42. The second-order valence-electron chi connectivity index (χ2n) is 5.32. The van der Waals surface area contributed by atoms with Gasteiger partial charge in [-0.2, -0.15) is 0 Å². The Morgan fingerprint density at radius 1 is 1.47 bits per heavy atom. The highest BCUT2D eigenvalue weighted by atomic mass is 16.5. The molecule has 1 saturated carbocycles. The van der Waals surface area contributed by atoms with Gasteiger partial charge in [0, 0.05) is 25.0 Å². The van der Waals surface area contributed by atoms with E-state index < -0.39 is 0 Å². The molecule has 2 rings (SSSR count). The molecule has 4 heteroatoms. The number of rotatable bonds is 3. The van der Waals surface area contributed by atoms with E-state index in [0.717, 1.165) is 25.8 Å². The summed E-state index contributed by atoms with van der Waals surface area (Å²) in [5.74, 6) is 0.347. The van der Waals surface area contributed by atoms with Crippen LogP contribution in [0.2, 0.25) is 0 Å². The topological polar surface area (TPSA) is 55.6 Å². The van der Waals surface area contributed by atoms with Crippen molar-refractivity contribution in [1.82, 2.24) is 4.90 Å². The van der Waals surface area contributed by atoms with E-state index in [-0.39, 0.29) is 11.5 Å². The Hall–Kier alpha value is -0.610. The molecule has 4 nitrogen and oxygen atoms in total. The summed E-state index contributed by atoms with van der Waals surface area (Å²) in [5.41, 5.74) is 5.55. The van der Waals surface area contributed by atoms with Crippen LogP contribution in [0.15, 0.2) is 0 Å². The zero-order valence-corrected chi connectivity index (χ0v) is 10.8. The third kappa shape index (κ3) is 2.47. The number of hydrogen-bond acceptors (Lipinski definition) is 3. The highest BCUT2D eigenvalue weighted by Crippen LogP contribution is 2.42. The maximum absolute atomic E-state index is 12.6. The molecule has 0 aromatic rings. The van der Waals surface area contributed by atoms with Crippen molar-refractivity contribution in [2.75, 3.05) is 26.2 Å². The molecule has 1 atom stereocenters. The fourth-order valence-electron chi connectivity index (χ4n) is 3.15. The minimum atomic E-state index is -0.0729. The average Bonchev–Trinajstić information content (AvgIpc) is 2.88. The number of hydrogen-bond donors (Lipinski definition) is 1. The number of amides is 1. The normalized spacial score (nSPS) is 28.4. The lowest BCUT2D eigenvalue weighted by atomic mass is 9.81. The molecule has 2 N–H and O–H groups in total. The smallest absolute Gasteiger partial charge is 0.228 e. The number of carbonyl (C=O) groups excluding carboxylic acids is 1. The quantitative estimate of drug-likeness (QED) is 0.805. The Kier molecular flexibility index (Phi) is 4.05. The maximum atomic E-state index is 12.6. The third-order valence-electron chi connectivity index (χ3n) is 4.38. The van der Waals surface area contributed by atoms with Crippen molar-refractivity contribution in [2.45, 2.75) is 45.1 Å². The number of nitrogens with two attached hydrogens (primary N) is 1. The molecule has 0 radical (unpaired) electrons. The summed E-state index contributed by atoms with van der Waals surface area (Å²) in [6.45, 7) is 4.69. The second-order valence-corrected chi connectivity index (χ2v) is 5.32. The SMILES string of the molecule is CCC1(C(=O)N2CCOC(CN)C2)CCCC1. The summed E-state index contributed by atoms with van der Waals surface area (Å²) in [5, 5.41) is 0. The summed E-state index contributed by atoms with van der Waals surface area (Å²) in [6.07, 6.45) is 5.52. The molecule has 1 heterocycles. The monoisotopic (exact) mass is 240 g/mol. The van der Waals surface area contributed by atoms with Gasteiger partial charge in [-0.05, 0) is 19.3 Å². The molecule has 98 valence electrons. The Bertz CT molecular complexity index is 275. The lowest BCUT2D eigenvalue weighted by molar-refractivity contribution is -0.149. The molecule has 1 aliphatic carbocycles. The van der Waals surface area contributed by atoms with Crippen LogP contribution >= 0.6 is 0 Å². The molecular weight excluding hydrogens is 216 g/mol. The molecule has 0 aromatic heterocycles. The van der Waals surface area contributed by atoms with Crippen LogP contribution in [0.5, 0.6) is 0 Å². The van der Waals surface area contributed by atoms with Crippen LogP contribution in [0.3, 0.4) is 0 Å². The van der Waals surface area contributed by atoms with Gasteiger partial charge in [-0.15, -0.1) is 0 Å². The summed E-state index contributed by atoms with van der Waals surface area (Å²) in [7, 11) is 0. The van der Waals surface area contributed by atoms with Gasteiger partial charge in [0.15, 0.2) is 0 Å². The van der Waals surface area contributed by atoms with Crippen LogP contribution in [0, 0.1) is 5.41 Å². The van der Waals surface area contributed by atoms with E-state index in [4.69, 9.17) is 10.5 Å². The third-order valence-corrected chi connectivity index (χ3v) is 4.38. The van der Waals surface area contributed by atoms with Gasteiger partial charge in [0.25, 0.3) is 0 Å². The largest absolute Gasteiger partial charge is 0.373 e. The van der Waals surface area contributed by atoms with Crippen LogP contribution in [-0.4, -0.2) is 43.2 Å².